The summed E-state index contributed by atoms with van der Waals surface area (Å²) in [6.45, 7) is 4.10. The number of phenols is 4. The van der Waals surface area contributed by atoms with Crippen LogP contribution in [0.15, 0.2) is 12.1 Å². The largest absolute Gasteiger partial charge is 0.508 e. The van der Waals surface area contributed by atoms with Gasteiger partial charge in [-0.3, -0.25) is 0 Å². The zero-order valence-electron chi connectivity index (χ0n) is 23.4. The van der Waals surface area contributed by atoms with Crippen LogP contribution in [0.5, 0.6) is 23.0 Å². The van der Waals surface area contributed by atoms with Crippen molar-refractivity contribution >= 4 is 11.9 Å². The van der Waals surface area contributed by atoms with Crippen LogP contribution in [0.3, 0.4) is 0 Å². The van der Waals surface area contributed by atoms with Crippen LogP contribution >= 0.6 is 0 Å². The predicted octanol–water partition coefficient (Wildman–Crippen LogP) is 5.79. The van der Waals surface area contributed by atoms with Crippen LogP contribution in [0.1, 0.15) is 109 Å². The van der Waals surface area contributed by atoms with Gasteiger partial charge >= 0.3 is 11.9 Å². The first-order chi connectivity index (χ1) is 19.2. The molecule has 4 N–H and O–H groups in total. The summed E-state index contributed by atoms with van der Waals surface area (Å²) < 4.78 is 22.3. The molecule has 0 radical (unpaired) electrons. The van der Waals surface area contributed by atoms with Crippen molar-refractivity contribution in [2.75, 3.05) is 14.2 Å². The van der Waals surface area contributed by atoms with Gasteiger partial charge in [-0.1, -0.05) is 39.5 Å². The summed E-state index contributed by atoms with van der Waals surface area (Å²) in [7, 11) is 2.84. The van der Waals surface area contributed by atoms with Gasteiger partial charge in [0, 0.05) is 36.5 Å². The number of rotatable bonds is 11. The number of carbonyl (C=O) groups excluding carboxylic acids is 2. The van der Waals surface area contributed by atoms with E-state index >= 15 is 0 Å². The average molecular weight is 559 g/mol. The lowest BCUT2D eigenvalue weighted by Crippen LogP contribution is -2.34. The maximum atomic E-state index is 13.1. The van der Waals surface area contributed by atoms with Gasteiger partial charge in [0.25, 0.3) is 0 Å². The number of benzene rings is 2. The third-order valence-corrected chi connectivity index (χ3v) is 7.79. The van der Waals surface area contributed by atoms with Crippen molar-refractivity contribution in [3.8, 4) is 34.1 Å². The molecule has 0 saturated carbocycles. The second-order valence-corrected chi connectivity index (χ2v) is 10.4. The molecular weight excluding hydrogens is 520 g/mol. The highest BCUT2D eigenvalue weighted by molar-refractivity contribution is 6.03. The third kappa shape index (κ3) is 5.17. The molecule has 0 bridgehead atoms. The fraction of sp³-hybridized carbons (Fsp3) is 0.533. The van der Waals surface area contributed by atoms with Crippen LogP contribution < -0.4 is 0 Å². The van der Waals surface area contributed by atoms with E-state index in [1.54, 1.807) is 0 Å². The number of esters is 2. The van der Waals surface area contributed by atoms with E-state index in [1.807, 2.05) is 0 Å². The molecule has 0 aliphatic carbocycles. The summed E-state index contributed by atoms with van der Waals surface area (Å²) in [6, 6.07) is 2.33. The van der Waals surface area contributed by atoms with Crippen LogP contribution in [-0.4, -0.2) is 58.8 Å². The molecule has 10 heteroatoms. The second kappa shape index (κ2) is 12.3. The van der Waals surface area contributed by atoms with Gasteiger partial charge in [0.1, 0.15) is 58.5 Å². The molecule has 10 nitrogen and oxygen atoms in total. The minimum absolute atomic E-state index is 0.0805. The quantitative estimate of drug-likeness (QED) is 0.151. The van der Waals surface area contributed by atoms with E-state index < -0.39 is 47.9 Å². The van der Waals surface area contributed by atoms with E-state index in [0.29, 0.717) is 12.8 Å². The topological polar surface area (TPSA) is 152 Å². The summed E-state index contributed by atoms with van der Waals surface area (Å²) in [5.74, 6) is -3.61. The second-order valence-electron chi connectivity index (χ2n) is 10.4. The SMILES string of the molecule is CCCCC[C@@H]1OC(=O)c2c(O)c(-c3cc(O)c4c(c3O)C(=O)O[C@@H](CCCCC)[C@H]4OC)cc(O)c2[C@@H]1OC. The molecule has 0 fully saturated rings. The number of hydrogen-bond acceptors (Lipinski definition) is 10. The minimum atomic E-state index is -0.852. The average Bonchev–Trinajstić information content (AvgIpc) is 2.92. The fourth-order valence-corrected chi connectivity index (χ4v) is 5.79. The normalized spacial score (nSPS) is 21.9. The highest BCUT2D eigenvalue weighted by Gasteiger charge is 2.43. The van der Waals surface area contributed by atoms with Crippen molar-refractivity contribution in [3.05, 3.63) is 34.4 Å². The first-order valence-electron chi connectivity index (χ1n) is 13.8. The maximum absolute atomic E-state index is 13.1. The number of hydrogen-bond donors (Lipinski definition) is 4. The molecule has 0 unspecified atom stereocenters. The summed E-state index contributed by atoms with van der Waals surface area (Å²) in [6.07, 6.45) is 3.46. The fourth-order valence-electron chi connectivity index (χ4n) is 5.79. The van der Waals surface area contributed by atoms with Crippen molar-refractivity contribution in [2.45, 2.75) is 89.6 Å². The minimum Gasteiger partial charge on any atom is -0.508 e. The zero-order chi connectivity index (χ0) is 29.1. The van der Waals surface area contributed by atoms with Gasteiger partial charge in [-0.15, -0.1) is 0 Å². The Kier molecular flexibility index (Phi) is 9.10. The first-order valence-corrected chi connectivity index (χ1v) is 13.8. The maximum Gasteiger partial charge on any atom is 0.342 e. The molecule has 0 aromatic heterocycles. The van der Waals surface area contributed by atoms with Gasteiger partial charge < -0.3 is 39.4 Å². The van der Waals surface area contributed by atoms with E-state index in [2.05, 4.69) is 13.8 Å². The molecule has 0 saturated heterocycles. The van der Waals surface area contributed by atoms with Crippen molar-refractivity contribution in [2.24, 2.45) is 0 Å². The van der Waals surface area contributed by atoms with Gasteiger partial charge in [0.2, 0.25) is 0 Å². The number of phenolic OH excluding ortho intramolecular Hbond substituents is 4. The molecule has 0 amide bonds. The van der Waals surface area contributed by atoms with E-state index in [0.717, 1.165) is 50.7 Å². The number of cyclic esters (lactones) is 2. The summed E-state index contributed by atoms with van der Waals surface area (Å²) in [5.41, 5.74) is -0.823. The Morgan fingerprint density at radius 1 is 0.675 bits per heavy atom. The van der Waals surface area contributed by atoms with Crippen LogP contribution in [0.25, 0.3) is 11.1 Å². The Morgan fingerprint density at radius 2 is 1.05 bits per heavy atom. The highest BCUT2D eigenvalue weighted by atomic mass is 16.6. The molecular formula is C30H38O10. The number of methoxy groups -OCH3 is 2. The number of aromatic hydroxyl groups is 4. The first kappa shape index (κ1) is 29.5. The molecule has 2 aliphatic heterocycles. The van der Waals surface area contributed by atoms with Gasteiger partial charge in [0.15, 0.2) is 0 Å². The number of ether oxygens (including phenoxy) is 4. The standard InChI is InChI=1S/C30H38O10/c1-5-7-9-11-19-27(37-3)21-17(31)13-15(25(33)23(21)29(35)39-19)16-14-18(32)22-24(26(16)34)30(36)40-20(28(22)38-4)12-10-8-6-2/h13-14,19-20,27-28,31-34H,5-12H2,1-4H3/t19-,20-,27+,28+/m0/s1. The Hall–Kier alpha value is -3.50. The van der Waals surface area contributed by atoms with E-state index in [9.17, 15) is 30.0 Å². The van der Waals surface area contributed by atoms with E-state index in [-0.39, 0.29) is 44.9 Å². The van der Waals surface area contributed by atoms with Crippen molar-refractivity contribution < 1.29 is 49.0 Å². The van der Waals surface area contributed by atoms with Gasteiger partial charge in [-0.25, -0.2) is 9.59 Å². The van der Waals surface area contributed by atoms with E-state index in [4.69, 9.17) is 18.9 Å². The molecule has 4 rings (SSSR count). The molecule has 2 aromatic carbocycles. The molecule has 218 valence electrons. The van der Waals surface area contributed by atoms with Crippen LogP contribution in [-0.2, 0) is 18.9 Å². The van der Waals surface area contributed by atoms with E-state index in [1.165, 1.54) is 14.2 Å². The number of fused-ring (bicyclic) bond motifs is 2. The van der Waals surface area contributed by atoms with Gasteiger partial charge in [-0.2, -0.15) is 0 Å². The van der Waals surface area contributed by atoms with Crippen molar-refractivity contribution in [3.63, 3.8) is 0 Å². The lowest BCUT2D eigenvalue weighted by molar-refractivity contribution is -0.0518. The lowest BCUT2D eigenvalue weighted by Gasteiger charge is -2.34. The summed E-state index contributed by atoms with van der Waals surface area (Å²) in [5, 5.41) is 44.6. The predicted molar refractivity (Wildman–Crippen MR) is 145 cm³/mol. The Bertz CT molecular complexity index is 1170. The summed E-state index contributed by atoms with van der Waals surface area (Å²) in [4.78, 5) is 26.1. The van der Waals surface area contributed by atoms with Crippen LogP contribution in [0.2, 0.25) is 0 Å². The number of unbranched alkanes of at least 4 members (excludes halogenated alkanes) is 4. The van der Waals surface area contributed by atoms with Gasteiger partial charge in [-0.05, 0) is 37.8 Å². The van der Waals surface area contributed by atoms with Gasteiger partial charge in [0.05, 0.1) is 0 Å². The monoisotopic (exact) mass is 558 g/mol. The molecule has 0 spiro atoms. The van der Waals surface area contributed by atoms with Crippen molar-refractivity contribution in [1.82, 2.24) is 0 Å². The molecule has 40 heavy (non-hydrogen) atoms. The summed E-state index contributed by atoms with van der Waals surface area (Å²) >= 11 is 0. The molecule has 4 atom stereocenters. The Morgan fingerprint density at radius 3 is 1.38 bits per heavy atom. The Balaban J connectivity index is 1.80. The molecule has 2 aromatic rings. The third-order valence-electron chi connectivity index (χ3n) is 7.79. The Labute approximate surface area is 233 Å². The smallest absolute Gasteiger partial charge is 0.342 e. The number of carbonyl (C=O) groups is 2. The molecule has 2 aliphatic rings. The van der Waals surface area contributed by atoms with Crippen LogP contribution in [0.4, 0.5) is 0 Å². The van der Waals surface area contributed by atoms with Crippen molar-refractivity contribution in [1.29, 1.82) is 0 Å². The lowest BCUT2D eigenvalue weighted by atomic mass is 9.85. The molecule has 2 heterocycles. The highest BCUT2D eigenvalue weighted by Crippen LogP contribution is 2.52. The zero-order valence-corrected chi connectivity index (χ0v) is 23.4. The van der Waals surface area contributed by atoms with Crippen LogP contribution in [0, 0.1) is 0 Å².